The fraction of sp³-hybridized carbons (Fsp3) is 0.294. The second-order valence-electron chi connectivity index (χ2n) is 5.25. The molecule has 0 heterocycles. The predicted molar refractivity (Wildman–Crippen MR) is 75.5 cm³/mol. The first kappa shape index (κ1) is 12.2. The highest BCUT2D eigenvalue weighted by Crippen LogP contribution is 2.43. The van der Waals surface area contributed by atoms with Gasteiger partial charge in [-0.15, -0.1) is 0 Å². The van der Waals surface area contributed by atoms with E-state index in [1.54, 1.807) is 7.11 Å². The highest BCUT2D eigenvalue weighted by atomic mass is 16.5. The van der Waals surface area contributed by atoms with Crippen molar-refractivity contribution in [2.75, 3.05) is 7.11 Å². The summed E-state index contributed by atoms with van der Waals surface area (Å²) in [6, 6.07) is 14.1. The third kappa shape index (κ3) is 1.92. The van der Waals surface area contributed by atoms with Crippen LogP contribution in [-0.2, 0) is 12.0 Å². The van der Waals surface area contributed by atoms with Gasteiger partial charge in [0.2, 0.25) is 0 Å². The number of benzene rings is 2. The van der Waals surface area contributed by atoms with E-state index in [1.165, 1.54) is 11.1 Å². The van der Waals surface area contributed by atoms with Crippen LogP contribution in [0.25, 0.3) is 0 Å². The summed E-state index contributed by atoms with van der Waals surface area (Å²) in [5.74, 6) is 0.798. The van der Waals surface area contributed by atoms with E-state index in [2.05, 4.69) is 12.1 Å². The zero-order chi connectivity index (χ0) is 13.5. The number of rotatable bonds is 2. The molecule has 2 nitrogen and oxygen atoms in total. The molecule has 0 spiro atoms. The topological polar surface area (TPSA) is 29.5 Å². The van der Waals surface area contributed by atoms with Crippen LogP contribution >= 0.6 is 0 Å². The maximum atomic E-state index is 11.1. The molecule has 98 valence electrons. The zero-order valence-electron chi connectivity index (χ0n) is 11.3. The van der Waals surface area contributed by atoms with Crippen molar-refractivity contribution < 1.29 is 9.84 Å². The van der Waals surface area contributed by atoms with E-state index in [9.17, 15) is 5.11 Å². The molecule has 0 aliphatic heterocycles. The van der Waals surface area contributed by atoms with Gasteiger partial charge in [-0.2, -0.15) is 0 Å². The normalized spacial score (nSPS) is 21.2. The van der Waals surface area contributed by atoms with Gasteiger partial charge in [0.15, 0.2) is 0 Å². The van der Waals surface area contributed by atoms with Gasteiger partial charge < -0.3 is 9.84 Å². The summed E-state index contributed by atoms with van der Waals surface area (Å²) in [4.78, 5) is 0. The number of hydrogen-bond acceptors (Lipinski definition) is 2. The second-order valence-corrected chi connectivity index (χ2v) is 5.25. The predicted octanol–water partition coefficient (Wildman–Crippen LogP) is 3.19. The molecular formula is C17H18O2. The molecule has 0 radical (unpaired) electrons. The molecule has 0 aromatic heterocycles. The fourth-order valence-electron chi connectivity index (χ4n) is 2.94. The van der Waals surface area contributed by atoms with Gasteiger partial charge in [0.05, 0.1) is 7.11 Å². The molecule has 2 aromatic carbocycles. The van der Waals surface area contributed by atoms with Crippen LogP contribution in [0.1, 0.15) is 28.7 Å². The minimum Gasteiger partial charge on any atom is -0.497 e. The Morgan fingerprint density at radius 1 is 1.16 bits per heavy atom. The van der Waals surface area contributed by atoms with Gasteiger partial charge in [-0.25, -0.2) is 0 Å². The van der Waals surface area contributed by atoms with E-state index < -0.39 is 5.60 Å². The second kappa shape index (κ2) is 4.39. The van der Waals surface area contributed by atoms with E-state index in [1.807, 2.05) is 37.3 Å². The van der Waals surface area contributed by atoms with Crippen LogP contribution in [0.4, 0.5) is 0 Å². The van der Waals surface area contributed by atoms with Crippen molar-refractivity contribution in [3.8, 4) is 5.75 Å². The van der Waals surface area contributed by atoms with Crippen molar-refractivity contribution in [3.63, 3.8) is 0 Å². The van der Waals surface area contributed by atoms with Crippen molar-refractivity contribution in [2.45, 2.75) is 25.4 Å². The van der Waals surface area contributed by atoms with E-state index in [-0.39, 0.29) is 0 Å². The highest BCUT2D eigenvalue weighted by Gasteiger charge is 2.38. The lowest BCUT2D eigenvalue weighted by Crippen LogP contribution is -2.23. The van der Waals surface area contributed by atoms with Gasteiger partial charge in [0, 0.05) is 0 Å². The SMILES string of the molecule is COc1ccc2c(c1)C(O)(c1cccc(C)c1)CC2. The summed E-state index contributed by atoms with van der Waals surface area (Å²) >= 11 is 0. The molecule has 19 heavy (non-hydrogen) atoms. The van der Waals surface area contributed by atoms with Crippen molar-refractivity contribution in [1.82, 2.24) is 0 Å². The maximum Gasteiger partial charge on any atom is 0.119 e. The van der Waals surface area contributed by atoms with Crippen LogP contribution in [0.5, 0.6) is 5.75 Å². The molecule has 1 aliphatic carbocycles. The maximum absolute atomic E-state index is 11.1. The van der Waals surface area contributed by atoms with Gasteiger partial charge in [-0.3, -0.25) is 0 Å². The number of aryl methyl sites for hydroxylation is 2. The Kier molecular flexibility index (Phi) is 2.83. The Bertz CT molecular complexity index is 618. The lowest BCUT2D eigenvalue weighted by Gasteiger charge is -2.25. The lowest BCUT2D eigenvalue weighted by atomic mass is 9.87. The van der Waals surface area contributed by atoms with Gasteiger partial charge in [0.25, 0.3) is 0 Å². The molecule has 0 amide bonds. The van der Waals surface area contributed by atoms with Gasteiger partial charge in [-0.1, -0.05) is 35.9 Å². The number of aliphatic hydroxyl groups is 1. The summed E-state index contributed by atoms with van der Waals surface area (Å²) < 4.78 is 5.28. The summed E-state index contributed by atoms with van der Waals surface area (Å²) in [6.45, 7) is 2.05. The van der Waals surface area contributed by atoms with Crippen LogP contribution in [0.3, 0.4) is 0 Å². The van der Waals surface area contributed by atoms with Crippen LogP contribution in [0.2, 0.25) is 0 Å². The summed E-state index contributed by atoms with van der Waals surface area (Å²) in [5.41, 5.74) is 3.46. The molecule has 1 aliphatic rings. The van der Waals surface area contributed by atoms with Crippen molar-refractivity contribution >= 4 is 0 Å². The van der Waals surface area contributed by atoms with Crippen molar-refractivity contribution in [2.24, 2.45) is 0 Å². The minimum absolute atomic E-state index is 0.735. The Labute approximate surface area is 113 Å². The monoisotopic (exact) mass is 254 g/mol. The van der Waals surface area contributed by atoms with E-state index in [4.69, 9.17) is 4.74 Å². The van der Waals surface area contributed by atoms with Crippen LogP contribution < -0.4 is 4.74 Å². The van der Waals surface area contributed by atoms with Crippen molar-refractivity contribution in [3.05, 3.63) is 64.7 Å². The first-order valence-electron chi connectivity index (χ1n) is 6.60. The Morgan fingerprint density at radius 2 is 2.00 bits per heavy atom. The molecule has 0 bridgehead atoms. The molecule has 0 fully saturated rings. The zero-order valence-corrected chi connectivity index (χ0v) is 11.3. The Morgan fingerprint density at radius 3 is 2.74 bits per heavy atom. The standard InChI is InChI=1S/C17H18O2/c1-12-4-3-5-14(10-12)17(18)9-8-13-6-7-15(19-2)11-16(13)17/h3-7,10-11,18H,8-9H2,1-2H3. The fourth-order valence-corrected chi connectivity index (χ4v) is 2.94. The smallest absolute Gasteiger partial charge is 0.119 e. The molecule has 2 aromatic rings. The van der Waals surface area contributed by atoms with Crippen LogP contribution in [0.15, 0.2) is 42.5 Å². The number of methoxy groups -OCH3 is 1. The highest BCUT2D eigenvalue weighted by molar-refractivity contribution is 5.49. The van der Waals surface area contributed by atoms with Gasteiger partial charge in [0.1, 0.15) is 11.4 Å². The average molecular weight is 254 g/mol. The molecule has 1 unspecified atom stereocenters. The average Bonchev–Trinajstić information content (AvgIpc) is 2.77. The molecular weight excluding hydrogens is 236 g/mol. The van der Waals surface area contributed by atoms with E-state index >= 15 is 0 Å². The summed E-state index contributed by atoms with van der Waals surface area (Å²) in [7, 11) is 1.66. The molecule has 0 saturated carbocycles. The Balaban J connectivity index is 2.13. The number of hydrogen-bond donors (Lipinski definition) is 1. The molecule has 2 heteroatoms. The van der Waals surface area contributed by atoms with Crippen LogP contribution in [-0.4, -0.2) is 12.2 Å². The van der Waals surface area contributed by atoms with E-state index in [0.29, 0.717) is 0 Å². The molecule has 3 rings (SSSR count). The largest absolute Gasteiger partial charge is 0.497 e. The quantitative estimate of drug-likeness (QED) is 0.892. The van der Waals surface area contributed by atoms with E-state index in [0.717, 1.165) is 29.7 Å². The minimum atomic E-state index is -0.879. The molecule has 1 atom stereocenters. The Hall–Kier alpha value is -1.80. The molecule has 0 saturated heterocycles. The number of fused-ring (bicyclic) bond motifs is 1. The van der Waals surface area contributed by atoms with Crippen molar-refractivity contribution in [1.29, 1.82) is 0 Å². The number of ether oxygens (including phenoxy) is 1. The van der Waals surface area contributed by atoms with Crippen LogP contribution in [0, 0.1) is 6.92 Å². The summed E-state index contributed by atoms with van der Waals surface area (Å²) in [5, 5.41) is 11.1. The first-order chi connectivity index (χ1) is 9.13. The molecule has 1 N–H and O–H groups in total. The van der Waals surface area contributed by atoms with Gasteiger partial charge in [-0.05, 0) is 48.6 Å². The third-order valence-corrected chi connectivity index (χ3v) is 4.01. The lowest BCUT2D eigenvalue weighted by molar-refractivity contribution is 0.0827. The first-order valence-corrected chi connectivity index (χ1v) is 6.60. The third-order valence-electron chi connectivity index (χ3n) is 4.01. The van der Waals surface area contributed by atoms with Gasteiger partial charge >= 0.3 is 0 Å². The summed E-state index contributed by atoms with van der Waals surface area (Å²) in [6.07, 6.45) is 1.64.